The Bertz CT molecular complexity index is 1240. The van der Waals surface area contributed by atoms with Gasteiger partial charge in [0, 0.05) is 12.6 Å². The molecule has 4 aromatic rings. The third-order valence-corrected chi connectivity index (χ3v) is 5.64. The fourth-order valence-corrected chi connectivity index (χ4v) is 4.10. The van der Waals surface area contributed by atoms with Crippen molar-refractivity contribution in [2.75, 3.05) is 12.4 Å². The van der Waals surface area contributed by atoms with E-state index in [1.54, 1.807) is 0 Å². The molecule has 1 aromatic carbocycles. The van der Waals surface area contributed by atoms with Gasteiger partial charge >= 0.3 is 5.69 Å². The second-order valence-electron chi connectivity index (χ2n) is 5.99. The number of anilines is 1. The van der Waals surface area contributed by atoms with Crippen LogP contribution in [0.5, 0.6) is 0 Å². The Morgan fingerprint density at radius 1 is 1.24 bits per heavy atom. The molecule has 0 saturated carbocycles. The summed E-state index contributed by atoms with van der Waals surface area (Å²) in [6.07, 6.45) is 1.06. The van der Waals surface area contributed by atoms with Gasteiger partial charge in [0.15, 0.2) is 23.2 Å². The quantitative estimate of drug-likeness (QED) is 0.415. The Kier molecular flexibility index (Phi) is 6.21. The molecular formula is C19H15BrClFN4O2S. The maximum atomic E-state index is 14.3. The predicted molar refractivity (Wildman–Crippen MR) is 118 cm³/mol. The molecule has 0 aliphatic heterocycles. The zero-order chi connectivity index (χ0) is 19.8. The van der Waals surface area contributed by atoms with E-state index in [-0.39, 0.29) is 24.0 Å². The van der Waals surface area contributed by atoms with Crippen LogP contribution in [0.15, 0.2) is 55.6 Å². The summed E-state index contributed by atoms with van der Waals surface area (Å²) < 4.78 is 22.3. The number of aryl methyl sites for hydroxylation is 1. The summed E-state index contributed by atoms with van der Waals surface area (Å²) in [4.78, 5) is 21.5. The van der Waals surface area contributed by atoms with Gasteiger partial charge in [-0.05, 0) is 47.1 Å². The fraction of sp³-hybridized carbons (Fsp3) is 0.105. The lowest BCUT2D eigenvalue weighted by atomic mass is 10.1. The average molecular weight is 498 g/mol. The minimum Gasteiger partial charge on any atom is -0.433 e. The lowest BCUT2D eigenvalue weighted by molar-refractivity contribution is 0.587. The van der Waals surface area contributed by atoms with Crippen molar-refractivity contribution in [1.82, 2.24) is 14.5 Å². The summed E-state index contributed by atoms with van der Waals surface area (Å²) >= 11 is 4.84. The van der Waals surface area contributed by atoms with E-state index in [9.17, 15) is 9.18 Å². The average Bonchev–Trinajstić information content (AvgIpc) is 3.29. The van der Waals surface area contributed by atoms with Crippen molar-refractivity contribution >= 4 is 45.5 Å². The molecule has 3 heterocycles. The number of oxazole rings is 1. The number of nitrogens with one attached hydrogen (secondary N) is 1. The number of nitrogens with zero attached hydrogens (tertiary/aromatic N) is 3. The summed E-state index contributed by atoms with van der Waals surface area (Å²) in [6, 6.07) is 11.4. The van der Waals surface area contributed by atoms with Crippen molar-refractivity contribution in [3.8, 4) is 27.9 Å². The molecule has 150 valence electrons. The standard InChI is InChI=1S/C19H14BrFN4O2S.ClH/c1-10-4-3-5-11(8-10)18-24-17(15(27-18)13-6-7-14(20)28-13)25-9-12(21)16(22-2)23-19(25)26;/h3-9H,1-2H3,(H,22,23,26);1H. The molecule has 3 aromatic heterocycles. The number of rotatable bonds is 4. The topological polar surface area (TPSA) is 73.0 Å². The lowest BCUT2D eigenvalue weighted by Gasteiger charge is -2.05. The largest absolute Gasteiger partial charge is 0.433 e. The Balaban J connectivity index is 0.00000240. The highest BCUT2D eigenvalue weighted by atomic mass is 79.9. The van der Waals surface area contributed by atoms with E-state index >= 15 is 0 Å². The highest BCUT2D eigenvalue weighted by molar-refractivity contribution is 9.11. The van der Waals surface area contributed by atoms with Crippen LogP contribution < -0.4 is 11.0 Å². The minimum atomic E-state index is -0.666. The van der Waals surface area contributed by atoms with Gasteiger partial charge in [-0.1, -0.05) is 17.7 Å². The van der Waals surface area contributed by atoms with Crippen molar-refractivity contribution in [3.63, 3.8) is 0 Å². The van der Waals surface area contributed by atoms with E-state index in [4.69, 9.17) is 4.42 Å². The number of thiophene rings is 1. The zero-order valence-electron chi connectivity index (χ0n) is 15.3. The molecule has 0 spiro atoms. The molecule has 0 unspecified atom stereocenters. The van der Waals surface area contributed by atoms with Gasteiger partial charge in [0.05, 0.1) is 14.9 Å². The SMILES string of the molecule is CNc1nc(=O)n(-c2nc(-c3cccc(C)c3)oc2-c2ccc(Br)s2)cc1F.Cl. The normalized spacial score (nSPS) is 10.6. The van der Waals surface area contributed by atoms with Crippen LogP contribution in [0.1, 0.15) is 5.56 Å². The van der Waals surface area contributed by atoms with Crippen molar-refractivity contribution < 1.29 is 8.81 Å². The molecule has 0 bridgehead atoms. The Morgan fingerprint density at radius 2 is 2.03 bits per heavy atom. The van der Waals surface area contributed by atoms with E-state index in [1.807, 2.05) is 43.3 Å². The zero-order valence-corrected chi connectivity index (χ0v) is 18.5. The molecule has 29 heavy (non-hydrogen) atoms. The molecule has 10 heteroatoms. The molecule has 0 radical (unpaired) electrons. The maximum absolute atomic E-state index is 14.3. The monoisotopic (exact) mass is 496 g/mol. The first-order valence-electron chi connectivity index (χ1n) is 8.27. The molecule has 0 amide bonds. The highest BCUT2D eigenvalue weighted by Crippen LogP contribution is 2.37. The van der Waals surface area contributed by atoms with E-state index in [0.29, 0.717) is 11.7 Å². The molecule has 1 N–H and O–H groups in total. The van der Waals surface area contributed by atoms with Crippen LogP contribution in [0.4, 0.5) is 10.2 Å². The summed E-state index contributed by atoms with van der Waals surface area (Å²) in [7, 11) is 1.50. The number of aromatic nitrogens is 3. The van der Waals surface area contributed by atoms with Crippen LogP contribution in [0.25, 0.3) is 27.9 Å². The van der Waals surface area contributed by atoms with E-state index < -0.39 is 11.5 Å². The number of hydrogen-bond acceptors (Lipinski definition) is 6. The van der Waals surface area contributed by atoms with Crippen molar-refractivity contribution in [1.29, 1.82) is 0 Å². The molecule has 0 saturated heterocycles. The van der Waals surface area contributed by atoms with Crippen molar-refractivity contribution in [2.45, 2.75) is 6.92 Å². The summed E-state index contributed by atoms with van der Waals surface area (Å²) in [5.41, 5.74) is 1.14. The highest BCUT2D eigenvalue weighted by Gasteiger charge is 2.22. The van der Waals surface area contributed by atoms with Gasteiger partial charge in [0.2, 0.25) is 5.89 Å². The maximum Gasteiger partial charge on any atom is 0.355 e. The van der Waals surface area contributed by atoms with Crippen LogP contribution in [0.3, 0.4) is 0 Å². The Hall–Kier alpha value is -2.49. The Morgan fingerprint density at radius 3 is 2.69 bits per heavy atom. The van der Waals surface area contributed by atoms with Gasteiger partial charge in [-0.15, -0.1) is 23.7 Å². The second-order valence-corrected chi connectivity index (χ2v) is 8.45. The Labute approximate surface area is 184 Å². The van der Waals surface area contributed by atoms with E-state index in [2.05, 4.69) is 31.2 Å². The number of benzene rings is 1. The van der Waals surface area contributed by atoms with Gasteiger partial charge in [-0.2, -0.15) is 9.97 Å². The smallest absolute Gasteiger partial charge is 0.355 e. The first-order valence-corrected chi connectivity index (χ1v) is 9.88. The summed E-state index contributed by atoms with van der Waals surface area (Å²) in [5, 5.41) is 2.55. The van der Waals surface area contributed by atoms with Crippen molar-refractivity contribution in [3.05, 3.63) is 68.2 Å². The van der Waals surface area contributed by atoms with Gasteiger partial charge in [-0.25, -0.2) is 13.8 Å². The molecule has 6 nitrogen and oxygen atoms in total. The molecule has 4 rings (SSSR count). The first-order chi connectivity index (χ1) is 13.5. The number of hydrogen-bond donors (Lipinski definition) is 1. The van der Waals surface area contributed by atoms with Crippen LogP contribution in [0, 0.1) is 12.7 Å². The lowest BCUT2D eigenvalue weighted by Crippen LogP contribution is -2.23. The molecule has 0 aliphatic rings. The molecule has 0 fully saturated rings. The van der Waals surface area contributed by atoms with Crippen LogP contribution in [-0.4, -0.2) is 21.6 Å². The molecule has 0 aliphatic carbocycles. The van der Waals surface area contributed by atoms with Crippen molar-refractivity contribution in [2.24, 2.45) is 0 Å². The van der Waals surface area contributed by atoms with Crippen LogP contribution in [-0.2, 0) is 0 Å². The van der Waals surface area contributed by atoms with Gasteiger partial charge < -0.3 is 9.73 Å². The third kappa shape index (κ3) is 4.12. The van der Waals surface area contributed by atoms with E-state index in [0.717, 1.165) is 30.6 Å². The predicted octanol–water partition coefficient (Wildman–Crippen LogP) is 5.29. The molecular weight excluding hydrogens is 483 g/mol. The summed E-state index contributed by atoms with van der Waals surface area (Å²) in [6.45, 7) is 1.96. The van der Waals surface area contributed by atoms with Gasteiger partial charge in [0.25, 0.3) is 0 Å². The second kappa shape index (κ2) is 8.48. The van der Waals surface area contributed by atoms with Crippen LogP contribution >= 0.6 is 39.7 Å². The van der Waals surface area contributed by atoms with Gasteiger partial charge in [-0.3, -0.25) is 0 Å². The van der Waals surface area contributed by atoms with Crippen LogP contribution in [0.2, 0.25) is 0 Å². The number of halogens is 3. The molecule has 0 atom stereocenters. The first kappa shape index (κ1) is 21.2. The van der Waals surface area contributed by atoms with Gasteiger partial charge in [0.1, 0.15) is 0 Å². The fourth-order valence-electron chi connectivity index (χ4n) is 2.73. The summed E-state index contributed by atoms with van der Waals surface area (Å²) in [5.74, 6) is 0.102. The minimum absolute atomic E-state index is 0. The van der Waals surface area contributed by atoms with E-state index in [1.165, 1.54) is 18.4 Å². The third-order valence-electron chi connectivity index (χ3n) is 4.02.